The normalized spacial score (nSPS) is 14.6. The van der Waals surface area contributed by atoms with Crippen LogP contribution in [0.2, 0.25) is 0 Å². The number of aliphatic hydroxyl groups excluding tert-OH is 1. The van der Waals surface area contributed by atoms with E-state index in [1.54, 1.807) is 0 Å². The summed E-state index contributed by atoms with van der Waals surface area (Å²) in [7, 11) is -9.92. The fourth-order valence-corrected chi connectivity index (χ4v) is 13.8. The molecule has 0 aromatic rings. The molecule has 0 aromatic carbocycles. The third kappa shape index (κ3) is 71.5. The minimum absolute atomic E-state index is 0.102. The van der Waals surface area contributed by atoms with E-state index < -0.39 is 97.5 Å². The first-order valence-corrected chi connectivity index (χ1v) is 44.3. The maximum atomic E-state index is 13.1. The molecular weight excluding hydrogens is 1290 g/mol. The molecule has 0 amide bonds. The first kappa shape index (κ1) is 97.1. The molecule has 0 heterocycles. The molecule has 3 N–H and O–H groups in total. The second-order valence-corrected chi connectivity index (χ2v) is 33.1. The van der Waals surface area contributed by atoms with Crippen molar-refractivity contribution < 1.29 is 80.2 Å². The van der Waals surface area contributed by atoms with Crippen LogP contribution in [0.1, 0.15) is 409 Å². The molecule has 0 bridgehead atoms. The Labute approximate surface area is 607 Å². The zero-order chi connectivity index (χ0) is 73.1. The lowest BCUT2D eigenvalue weighted by atomic mass is 9.99. The SMILES string of the molecule is CCC(C)CCCCCCCCCCCCCCCCCCCCC(=O)O[C@H](COC(=O)CCCCCCCCCCCCCCCCC(C)CC)COP(=O)(O)OC[C@@H](O)COP(=O)(O)OC[C@@H](COC(=O)CCCCCCCCC(C)C)OC(=O)CCCCCCCCCC(C)C. The van der Waals surface area contributed by atoms with E-state index >= 15 is 0 Å². The van der Waals surface area contributed by atoms with Crippen molar-refractivity contribution in [3.63, 3.8) is 0 Å². The van der Waals surface area contributed by atoms with Crippen LogP contribution in [0, 0.1) is 23.7 Å². The summed E-state index contributed by atoms with van der Waals surface area (Å²) in [5, 5.41) is 10.6. The van der Waals surface area contributed by atoms with Gasteiger partial charge in [-0.3, -0.25) is 37.3 Å². The first-order valence-electron chi connectivity index (χ1n) is 41.3. The van der Waals surface area contributed by atoms with Crippen LogP contribution in [-0.2, 0) is 65.4 Å². The molecule has 588 valence electrons. The van der Waals surface area contributed by atoms with E-state index in [-0.39, 0.29) is 25.7 Å². The Hall–Kier alpha value is -1.94. The van der Waals surface area contributed by atoms with E-state index in [1.165, 1.54) is 205 Å². The average molecular weight is 1450 g/mol. The predicted molar refractivity (Wildman–Crippen MR) is 404 cm³/mol. The van der Waals surface area contributed by atoms with Crippen LogP contribution in [0.25, 0.3) is 0 Å². The molecule has 19 heteroatoms. The van der Waals surface area contributed by atoms with Gasteiger partial charge >= 0.3 is 39.5 Å². The van der Waals surface area contributed by atoms with E-state index in [2.05, 4.69) is 55.4 Å². The number of unbranched alkanes of at least 4 members (excludes halogenated alkanes) is 41. The number of phosphoric ester groups is 2. The van der Waals surface area contributed by atoms with Gasteiger partial charge in [0, 0.05) is 25.7 Å². The third-order valence-electron chi connectivity index (χ3n) is 19.3. The monoisotopic (exact) mass is 1450 g/mol. The Kier molecular flexibility index (Phi) is 67.8. The van der Waals surface area contributed by atoms with Crippen LogP contribution in [0.5, 0.6) is 0 Å². The number of esters is 4. The van der Waals surface area contributed by atoms with Crippen LogP contribution in [0.4, 0.5) is 0 Å². The highest BCUT2D eigenvalue weighted by atomic mass is 31.2. The molecule has 0 radical (unpaired) electrons. The molecule has 4 unspecified atom stereocenters. The summed E-state index contributed by atoms with van der Waals surface area (Å²) in [6, 6.07) is 0. The van der Waals surface area contributed by atoms with Gasteiger partial charge in [-0.15, -0.1) is 0 Å². The van der Waals surface area contributed by atoms with Crippen molar-refractivity contribution in [3.05, 3.63) is 0 Å². The van der Waals surface area contributed by atoms with Gasteiger partial charge in [-0.1, -0.05) is 357 Å². The summed E-state index contributed by atoms with van der Waals surface area (Å²) >= 11 is 0. The highest BCUT2D eigenvalue weighted by Crippen LogP contribution is 2.45. The van der Waals surface area contributed by atoms with Gasteiger partial charge in [-0.25, -0.2) is 9.13 Å². The molecular formula is C80H156O17P2. The minimum Gasteiger partial charge on any atom is -0.462 e. The Morgan fingerprint density at radius 2 is 0.485 bits per heavy atom. The summed E-state index contributed by atoms with van der Waals surface area (Å²) in [6.07, 6.45) is 55.8. The predicted octanol–water partition coefficient (Wildman–Crippen LogP) is 23.6. The Morgan fingerprint density at radius 3 is 0.717 bits per heavy atom. The van der Waals surface area contributed by atoms with Gasteiger partial charge in [0.25, 0.3) is 0 Å². The summed E-state index contributed by atoms with van der Waals surface area (Å²) < 4.78 is 68.6. The molecule has 0 aliphatic carbocycles. The molecule has 7 atom stereocenters. The van der Waals surface area contributed by atoms with Gasteiger partial charge in [0.05, 0.1) is 26.4 Å². The second kappa shape index (κ2) is 69.1. The van der Waals surface area contributed by atoms with Gasteiger partial charge in [-0.05, 0) is 49.4 Å². The quantitative estimate of drug-likeness (QED) is 0.0222. The number of hydrogen-bond donors (Lipinski definition) is 3. The molecule has 0 aliphatic heterocycles. The number of carbonyl (C=O) groups excluding carboxylic acids is 4. The van der Waals surface area contributed by atoms with Crippen molar-refractivity contribution in [2.24, 2.45) is 23.7 Å². The first-order chi connectivity index (χ1) is 47.7. The van der Waals surface area contributed by atoms with Crippen molar-refractivity contribution >= 4 is 39.5 Å². The minimum atomic E-state index is -4.96. The summed E-state index contributed by atoms with van der Waals surface area (Å²) in [6.45, 7) is 14.2. The molecule has 0 saturated heterocycles. The number of ether oxygens (including phenoxy) is 4. The number of aliphatic hydroxyl groups is 1. The number of carbonyl (C=O) groups is 4. The Balaban J connectivity index is 5.18. The molecule has 0 aliphatic rings. The van der Waals surface area contributed by atoms with Crippen LogP contribution < -0.4 is 0 Å². The highest BCUT2D eigenvalue weighted by molar-refractivity contribution is 7.47. The Bertz CT molecular complexity index is 1940. The van der Waals surface area contributed by atoms with Crippen molar-refractivity contribution in [2.75, 3.05) is 39.6 Å². The van der Waals surface area contributed by atoms with Gasteiger partial charge in [0.2, 0.25) is 0 Å². The maximum absolute atomic E-state index is 13.1. The zero-order valence-corrected chi connectivity index (χ0v) is 66.9. The molecule has 17 nitrogen and oxygen atoms in total. The summed E-state index contributed by atoms with van der Waals surface area (Å²) in [5.74, 6) is 0.975. The van der Waals surface area contributed by atoms with Gasteiger partial charge in [-0.2, -0.15) is 0 Å². The lowest BCUT2D eigenvalue weighted by molar-refractivity contribution is -0.161. The maximum Gasteiger partial charge on any atom is 0.472 e. The van der Waals surface area contributed by atoms with Crippen molar-refractivity contribution in [1.29, 1.82) is 0 Å². The molecule has 0 spiro atoms. The molecule has 0 aromatic heterocycles. The van der Waals surface area contributed by atoms with Crippen LogP contribution in [0.3, 0.4) is 0 Å². The van der Waals surface area contributed by atoms with E-state index in [1.807, 2.05) is 0 Å². The molecule has 0 rings (SSSR count). The van der Waals surface area contributed by atoms with Crippen molar-refractivity contribution in [1.82, 2.24) is 0 Å². The number of hydrogen-bond acceptors (Lipinski definition) is 15. The second-order valence-electron chi connectivity index (χ2n) is 30.2. The fourth-order valence-electron chi connectivity index (χ4n) is 12.2. The van der Waals surface area contributed by atoms with Gasteiger partial charge in [0.15, 0.2) is 12.2 Å². The lowest BCUT2D eigenvalue weighted by Gasteiger charge is -2.21. The van der Waals surface area contributed by atoms with E-state index in [0.29, 0.717) is 37.5 Å². The highest BCUT2D eigenvalue weighted by Gasteiger charge is 2.30. The summed E-state index contributed by atoms with van der Waals surface area (Å²) in [4.78, 5) is 72.8. The van der Waals surface area contributed by atoms with Crippen molar-refractivity contribution in [3.8, 4) is 0 Å². The van der Waals surface area contributed by atoms with Crippen LogP contribution in [-0.4, -0.2) is 96.7 Å². The lowest BCUT2D eigenvalue weighted by Crippen LogP contribution is -2.30. The third-order valence-corrected chi connectivity index (χ3v) is 21.2. The number of rotatable bonds is 77. The largest absolute Gasteiger partial charge is 0.472 e. The molecule has 0 fully saturated rings. The Morgan fingerprint density at radius 1 is 0.283 bits per heavy atom. The fraction of sp³-hybridized carbons (Fsp3) is 0.950. The smallest absolute Gasteiger partial charge is 0.462 e. The van der Waals surface area contributed by atoms with Crippen LogP contribution in [0.15, 0.2) is 0 Å². The topological polar surface area (TPSA) is 237 Å². The standard InChI is InChI=1S/C80H156O17P2/c1-9-72(7)58-50-42-33-27-23-19-15-13-11-12-14-16-22-26-30-36-46-54-62-79(84)96-75(66-90-77(82)60-52-44-35-29-25-21-18-17-20-24-28-34-43-51-59-73(8)10-2)68-94-98(86,87)92-64-74(81)65-93-99(88,89)95-69-76(67-91-78(83)61-53-45-39-38-41-49-57-71(5)6)97-80(85)63-55-47-37-31-32-40-48-56-70(3)4/h70-76,81H,9-69H2,1-8H3,(H,86,87)(H,88,89)/t72?,73?,74-,75-,76-/m1/s1. The van der Waals surface area contributed by atoms with Gasteiger partial charge in [0.1, 0.15) is 19.3 Å². The van der Waals surface area contributed by atoms with Gasteiger partial charge < -0.3 is 33.8 Å². The summed E-state index contributed by atoms with van der Waals surface area (Å²) in [5.41, 5.74) is 0. The van der Waals surface area contributed by atoms with E-state index in [4.69, 9.17) is 37.0 Å². The van der Waals surface area contributed by atoms with Crippen LogP contribution >= 0.6 is 15.6 Å². The van der Waals surface area contributed by atoms with E-state index in [0.717, 1.165) is 108 Å². The zero-order valence-electron chi connectivity index (χ0n) is 65.1. The molecule has 0 saturated carbocycles. The average Bonchev–Trinajstić information content (AvgIpc) is 0.997. The molecule has 99 heavy (non-hydrogen) atoms. The van der Waals surface area contributed by atoms with E-state index in [9.17, 15) is 43.2 Å². The number of phosphoric acid groups is 2. The van der Waals surface area contributed by atoms with Crippen molar-refractivity contribution in [2.45, 2.75) is 427 Å².